The highest BCUT2D eigenvalue weighted by Crippen LogP contribution is 2.34. The molecule has 2 fully saturated rings. The number of rotatable bonds is 3. The van der Waals surface area contributed by atoms with Gasteiger partial charge in [-0.05, 0) is 49.1 Å². The lowest BCUT2D eigenvalue weighted by atomic mass is 10.1. The molecule has 2 atom stereocenters. The maximum absolute atomic E-state index is 3.73. The molecule has 104 valence electrons. The number of benzene rings is 2. The van der Waals surface area contributed by atoms with Gasteiger partial charge in [0.05, 0.1) is 0 Å². The van der Waals surface area contributed by atoms with E-state index < -0.39 is 0 Å². The first kappa shape index (κ1) is 12.2. The molecule has 2 unspecified atom stereocenters. The van der Waals surface area contributed by atoms with Gasteiger partial charge in [-0.2, -0.15) is 0 Å². The zero-order valence-electron chi connectivity index (χ0n) is 12.0. The average Bonchev–Trinajstić information content (AvgIpc) is 3.23. The molecule has 0 bridgehead atoms. The van der Waals surface area contributed by atoms with Crippen molar-refractivity contribution in [2.45, 2.75) is 44.3 Å². The molecular weight excluding hydrogens is 244 g/mol. The highest BCUT2D eigenvalue weighted by molar-refractivity contribution is 5.85. The molecule has 0 radical (unpaired) electrons. The topological polar surface area (TPSA) is 15.3 Å². The zero-order valence-corrected chi connectivity index (χ0v) is 12.0. The minimum absolute atomic E-state index is 0.603. The van der Waals surface area contributed by atoms with Gasteiger partial charge >= 0.3 is 0 Å². The number of hydrogen-bond donors (Lipinski definition) is 1. The van der Waals surface area contributed by atoms with E-state index in [0.717, 1.165) is 12.1 Å². The Morgan fingerprint density at radius 2 is 1.85 bits per heavy atom. The first-order valence-electron chi connectivity index (χ1n) is 7.81. The standard InChI is InChI=1S/C18H22N2/c1-13-10-17(12-20(13)18-8-9-18)19-16-7-6-14-4-2-3-5-15(14)11-16/h2-7,11,13,17-19H,8-10,12H2,1H3. The molecule has 0 aromatic heterocycles. The van der Waals surface area contributed by atoms with Crippen LogP contribution >= 0.6 is 0 Å². The summed E-state index contributed by atoms with van der Waals surface area (Å²) in [7, 11) is 0. The normalized spacial score (nSPS) is 27.1. The summed E-state index contributed by atoms with van der Waals surface area (Å²) >= 11 is 0. The Labute approximate surface area is 120 Å². The third-order valence-electron chi connectivity index (χ3n) is 4.76. The Hall–Kier alpha value is -1.54. The minimum atomic E-state index is 0.603. The Bertz CT molecular complexity index is 618. The van der Waals surface area contributed by atoms with Gasteiger partial charge in [0.2, 0.25) is 0 Å². The SMILES string of the molecule is CC1CC(Nc2ccc3ccccc3c2)CN1C1CC1. The van der Waals surface area contributed by atoms with Crippen molar-refractivity contribution in [3.63, 3.8) is 0 Å². The molecule has 0 spiro atoms. The van der Waals surface area contributed by atoms with Crippen molar-refractivity contribution in [2.75, 3.05) is 11.9 Å². The fraction of sp³-hybridized carbons (Fsp3) is 0.444. The van der Waals surface area contributed by atoms with Crippen LogP contribution in [0.3, 0.4) is 0 Å². The van der Waals surface area contributed by atoms with E-state index >= 15 is 0 Å². The predicted octanol–water partition coefficient (Wildman–Crippen LogP) is 3.88. The van der Waals surface area contributed by atoms with Crippen LogP contribution in [0.4, 0.5) is 5.69 Å². The highest BCUT2D eigenvalue weighted by atomic mass is 15.3. The monoisotopic (exact) mass is 266 g/mol. The molecule has 2 aromatic rings. The first-order chi connectivity index (χ1) is 9.79. The summed E-state index contributed by atoms with van der Waals surface area (Å²) in [6.07, 6.45) is 4.09. The predicted molar refractivity (Wildman–Crippen MR) is 85.2 cm³/mol. The van der Waals surface area contributed by atoms with E-state index in [1.165, 1.54) is 42.3 Å². The van der Waals surface area contributed by atoms with Gasteiger partial charge in [0, 0.05) is 30.4 Å². The molecule has 1 saturated heterocycles. The van der Waals surface area contributed by atoms with Gasteiger partial charge in [-0.15, -0.1) is 0 Å². The van der Waals surface area contributed by atoms with Gasteiger partial charge < -0.3 is 5.32 Å². The lowest BCUT2D eigenvalue weighted by Gasteiger charge is -2.20. The maximum Gasteiger partial charge on any atom is 0.0403 e. The van der Waals surface area contributed by atoms with E-state index in [4.69, 9.17) is 0 Å². The second-order valence-corrected chi connectivity index (χ2v) is 6.42. The van der Waals surface area contributed by atoms with Gasteiger partial charge in [0.15, 0.2) is 0 Å². The molecule has 1 N–H and O–H groups in total. The molecule has 2 nitrogen and oxygen atoms in total. The molecule has 1 aliphatic carbocycles. The van der Waals surface area contributed by atoms with E-state index in [9.17, 15) is 0 Å². The summed E-state index contributed by atoms with van der Waals surface area (Å²) in [6.45, 7) is 3.58. The molecule has 0 amide bonds. The lowest BCUT2D eigenvalue weighted by molar-refractivity contribution is 0.257. The first-order valence-corrected chi connectivity index (χ1v) is 7.81. The number of likely N-dealkylation sites (tertiary alicyclic amines) is 1. The van der Waals surface area contributed by atoms with Crippen LogP contribution in [0.25, 0.3) is 10.8 Å². The van der Waals surface area contributed by atoms with Crippen molar-refractivity contribution in [3.8, 4) is 0 Å². The highest BCUT2D eigenvalue weighted by Gasteiger charge is 2.38. The van der Waals surface area contributed by atoms with Crippen molar-refractivity contribution < 1.29 is 0 Å². The second kappa shape index (κ2) is 4.78. The molecule has 2 aliphatic rings. The third-order valence-corrected chi connectivity index (χ3v) is 4.76. The van der Waals surface area contributed by atoms with Crippen molar-refractivity contribution in [3.05, 3.63) is 42.5 Å². The summed E-state index contributed by atoms with van der Waals surface area (Å²) in [6, 6.07) is 17.5. The number of nitrogens with one attached hydrogen (secondary N) is 1. The summed E-state index contributed by atoms with van der Waals surface area (Å²) < 4.78 is 0. The minimum Gasteiger partial charge on any atom is -0.381 e. The maximum atomic E-state index is 3.73. The number of nitrogens with zero attached hydrogens (tertiary/aromatic N) is 1. The number of hydrogen-bond acceptors (Lipinski definition) is 2. The van der Waals surface area contributed by atoms with Crippen LogP contribution in [0, 0.1) is 0 Å². The fourth-order valence-electron chi connectivity index (χ4n) is 3.59. The van der Waals surface area contributed by atoms with E-state index in [1.807, 2.05) is 0 Å². The van der Waals surface area contributed by atoms with Crippen molar-refractivity contribution in [1.29, 1.82) is 0 Å². The summed E-state index contributed by atoms with van der Waals surface area (Å²) in [5.41, 5.74) is 1.26. The van der Waals surface area contributed by atoms with E-state index in [2.05, 4.69) is 59.6 Å². The van der Waals surface area contributed by atoms with Crippen LogP contribution in [0.2, 0.25) is 0 Å². The molecule has 2 heteroatoms. The van der Waals surface area contributed by atoms with Crippen LogP contribution in [-0.2, 0) is 0 Å². The number of anilines is 1. The average molecular weight is 266 g/mol. The van der Waals surface area contributed by atoms with Crippen LogP contribution in [0.15, 0.2) is 42.5 Å². The second-order valence-electron chi connectivity index (χ2n) is 6.42. The van der Waals surface area contributed by atoms with Gasteiger partial charge in [-0.1, -0.05) is 30.3 Å². The van der Waals surface area contributed by atoms with Crippen LogP contribution in [0.1, 0.15) is 26.2 Å². The zero-order chi connectivity index (χ0) is 13.5. The Morgan fingerprint density at radius 3 is 2.65 bits per heavy atom. The smallest absolute Gasteiger partial charge is 0.0403 e. The van der Waals surface area contributed by atoms with Crippen LogP contribution in [-0.4, -0.2) is 29.6 Å². The molecule has 1 aliphatic heterocycles. The number of fused-ring (bicyclic) bond motifs is 1. The van der Waals surface area contributed by atoms with Crippen molar-refractivity contribution >= 4 is 16.5 Å². The Kier molecular flexibility index (Phi) is 2.92. The lowest BCUT2D eigenvalue weighted by Crippen LogP contribution is -2.30. The molecule has 1 heterocycles. The molecular formula is C18H22N2. The largest absolute Gasteiger partial charge is 0.381 e. The summed E-state index contributed by atoms with van der Waals surface area (Å²) in [5.74, 6) is 0. The van der Waals surface area contributed by atoms with Gasteiger partial charge in [-0.3, -0.25) is 4.90 Å². The molecule has 1 saturated carbocycles. The van der Waals surface area contributed by atoms with Crippen LogP contribution < -0.4 is 5.32 Å². The van der Waals surface area contributed by atoms with Gasteiger partial charge in [0.1, 0.15) is 0 Å². The Morgan fingerprint density at radius 1 is 1.05 bits per heavy atom. The summed E-state index contributed by atoms with van der Waals surface area (Å²) in [4.78, 5) is 2.69. The van der Waals surface area contributed by atoms with E-state index in [1.54, 1.807) is 0 Å². The van der Waals surface area contributed by atoms with Crippen LogP contribution in [0.5, 0.6) is 0 Å². The van der Waals surface area contributed by atoms with E-state index in [-0.39, 0.29) is 0 Å². The van der Waals surface area contributed by atoms with E-state index in [0.29, 0.717) is 6.04 Å². The quantitative estimate of drug-likeness (QED) is 0.907. The third kappa shape index (κ3) is 2.29. The van der Waals surface area contributed by atoms with Gasteiger partial charge in [0.25, 0.3) is 0 Å². The summed E-state index contributed by atoms with van der Waals surface area (Å²) in [5, 5.41) is 6.37. The van der Waals surface area contributed by atoms with Gasteiger partial charge in [-0.25, -0.2) is 0 Å². The fourth-order valence-corrected chi connectivity index (χ4v) is 3.59. The molecule has 4 rings (SSSR count). The molecule has 20 heavy (non-hydrogen) atoms. The Balaban J connectivity index is 1.50. The molecule has 2 aromatic carbocycles. The van der Waals surface area contributed by atoms with Crippen molar-refractivity contribution in [2.24, 2.45) is 0 Å². The van der Waals surface area contributed by atoms with Crippen molar-refractivity contribution in [1.82, 2.24) is 4.90 Å².